The number of carbonyl (C=O) groups is 1. The first-order chi connectivity index (χ1) is 12.7. The van der Waals surface area contributed by atoms with Crippen molar-refractivity contribution in [1.82, 2.24) is 9.88 Å². The molecule has 2 heterocycles. The molecule has 26 heavy (non-hydrogen) atoms. The Morgan fingerprint density at radius 3 is 2.65 bits per heavy atom. The molecule has 1 aromatic carbocycles. The van der Waals surface area contributed by atoms with Gasteiger partial charge in [-0.1, -0.05) is 47.9 Å². The van der Waals surface area contributed by atoms with E-state index in [-0.39, 0.29) is 6.09 Å². The zero-order valence-corrected chi connectivity index (χ0v) is 14.9. The van der Waals surface area contributed by atoms with Gasteiger partial charge in [-0.25, -0.2) is 9.78 Å². The van der Waals surface area contributed by atoms with Crippen molar-refractivity contribution in [2.24, 2.45) is 0 Å². The Balaban J connectivity index is 1.47. The minimum absolute atomic E-state index is 0.247. The van der Waals surface area contributed by atoms with Crippen molar-refractivity contribution in [2.45, 2.75) is 26.4 Å². The van der Waals surface area contributed by atoms with E-state index in [1.807, 2.05) is 61.5 Å². The number of aromatic nitrogens is 1. The van der Waals surface area contributed by atoms with Crippen molar-refractivity contribution in [2.75, 3.05) is 13.1 Å². The third-order valence-corrected chi connectivity index (χ3v) is 4.23. The molecule has 0 radical (unpaired) electrons. The molecule has 1 aliphatic heterocycles. The van der Waals surface area contributed by atoms with Gasteiger partial charge < -0.3 is 9.64 Å². The number of nitrogens with zero attached hydrogens (tertiary/aromatic N) is 2. The Kier molecular flexibility index (Phi) is 6.05. The molecule has 4 nitrogen and oxygen atoms in total. The van der Waals surface area contributed by atoms with E-state index < -0.39 is 0 Å². The number of amides is 1. The summed E-state index contributed by atoms with van der Waals surface area (Å²) < 4.78 is 5.38. The molecule has 0 N–H and O–H groups in total. The number of carbonyl (C=O) groups excluding carboxylic acids is 1. The minimum Gasteiger partial charge on any atom is -0.445 e. The first-order valence-corrected chi connectivity index (χ1v) is 8.79. The van der Waals surface area contributed by atoms with Crippen LogP contribution in [0.5, 0.6) is 0 Å². The maximum absolute atomic E-state index is 12.2. The molecule has 0 aliphatic carbocycles. The van der Waals surface area contributed by atoms with Gasteiger partial charge in [0.1, 0.15) is 12.3 Å². The number of benzene rings is 1. The van der Waals surface area contributed by atoms with E-state index in [4.69, 9.17) is 4.74 Å². The van der Waals surface area contributed by atoms with Gasteiger partial charge >= 0.3 is 6.09 Å². The lowest BCUT2D eigenvalue weighted by Crippen LogP contribution is -2.36. The van der Waals surface area contributed by atoms with Crippen LogP contribution < -0.4 is 0 Å². The summed E-state index contributed by atoms with van der Waals surface area (Å²) in [6.45, 7) is 3.61. The van der Waals surface area contributed by atoms with E-state index in [0.29, 0.717) is 19.7 Å². The van der Waals surface area contributed by atoms with Gasteiger partial charge in [0.2, 0.25) is 0 Å². The summed E-state index contributed by atoms with van der Waals surface area (Å²) in [5.41, 5.74) is 4.01. The Bertz CT molecular complexity index is 837. The van der Waals surface area contributed by atoms with Gasteiger partial charge in [-0.2, -0.15) is 0 Å². The van der Waals surface area contributed by atoms with Crippen molar-refractivity contribution >= 4 is 6.09 Å². The second kappa shape index (κ2) is 8.87. The van der Waals surface area contributed by atoms with Crippen molar-refractivity contribution in [1.29, 1.82) is 0 Å². The first kappa shape index (κ1) is 17.8. The van der Waals surface area contributed by atoms with Gasteiger partial charge in [0.15, 0.2) is 0 Å². The third-order valence-electron chi connectivity index (χ3n) is 4.23. The van der Waals surface area contributed by atoms with E-state index in [1.54, 1.807) is 4.90 Å². The summed E-state index contributed by atoms with van der Waals surface area (Å²) in [7, 11) is 0. The highest BCUT2D eigenvalue weighted by atomic mass is 16.6. The molecule has 0 spiro atoms. The summed E-state index contributed by atoms with van der Waals surface area (Å²) >= 11 is 0. The summed E-state index contributed by atoms with van der Waals surface area (Å²) in [5.74, 6) is 6.14. The number of likely N-dealkylation sites (tertiary alicyclic amines) is 1. The highest BCUT2D eigenvalue weighted by Gasteiger charge is 2.19. The van der Waals surface area contributed by atoms with Crippen LogP contribution in [0.2, 0.25) is 0 Å². The number of hydrogen-bond donors (Lipinski definition) is 0. The molecule has 1 amide bonds. The molecule has 1 fully saturated rings. The molecule has 132 valence electrons. The third kappa shape index (κ3) is 5.22. The molecule has 1 aliphatic rings. The predicted octanol–water partition coefficient (Wildman–Crippen LogP) is 4.10. The molecular formula is C22H22N2O2. The number of aryl methyl sites for hydroxylation is 1. The van der Waals surface area contributed by atoms with Gasteiger partial charge in [-0.15, -0.1) is 0 Å². The Hall–Kier alpha value is -3.06. The molecule has 0 saturated carbocycles. The monoisotopic (exact) mass is 346 g/mol. The van der Waals surface area contributed by atoms with Crippen LogP contribution in [-0.4, -0.2) is 29.1 Å². The average molecular weight is 346 g/mol. The van der Waals surface area contributed by atoms with Gasteiger partial charge in [0, 0.05) is 18.8 Å². The highest BCUT2D eigenvalue weighted by molar-refractivity contribution is 5.68. The van der Waals surface area contributed by atoms with Crippen LogP contribution >= 0.6 is 0 Å². The van der Waals surface area contributed by atoms with Crippen LogP contribution in [0.3, 0.4) is 0 Å². The predicted molar refractivity (Wildman–Crippen MR) is 101 cm³/mol. The quantitative estimate of drug-likeness (QED) is 0.769. The second-order valence-corrected chi connectivity index (χ2v) is 6.26. The second-order valence-electron chi connectivity index (χ2n) is 6.26. The number of allylic oxidation sites excluding steroid dienone is 1. The molecule has 3 rings (SSSR count). The molecule has 0 bridgehead atoms. The number of pyridine rings is 1. The fourth-order valence-corrected chi connectivity index (χ4v) is 2.76. The van der Waals surface area contributed by atoms with E-state index in [9.17, 15) is 4.79 Å². The maximum Gasteiger partial charge on any atom is 0.410 e. The van der Waals surface area contributed by atoms with Gasteiger partial charge in [0.05, 0.1) is 0 Å². The van der Waals surface area contributed by atoms with Crippen molar-refractivity contribution in [3.8, 4) is 11.8 Å². The average Bonchev–Trinajstić information content (AvgIpc) is 2.67. The highest BCUT2D eigenvalue weighted by Crippen LogP contribution is 2.17. The van der Waals surface area contributed by atoms with Crippen LogP contribution in [-0.2, 0) is 11.3 Å². The topological polar surface area (TPSA) is 42.4 Å². The zero-order chi connectivity index (χ0) is 18.2. The van der Waals surface area contributed by atoms with E-state index in [0.717, 1.165) is 29.8 Å². The fraction of sp³-hybridized carbons (Fsp3) is 0.273. The maximum atomic E-state index is 12.2. The normalized spacial score (nSPS) is 13.6. The van der Waals surface area contributed by atoms with Crippen LogP contribution in [0, 0.1) is 18.8 Å². The van der Waals surface area contributed by atoms with E-state index in [1.165, 1.54) is 5.57 Å². The fourth-order valence-electron chi connectivity index (χ4n) is 2.76. The summed E-state index contributed by atoms with van der Waals surface area (Å²) in [6.07, 6.45) is 3.37. The standard InChI is InChI=1S/C22H22N2O2/c1-18-7-5-11-21(23-18)12-6-10-19-13-15-24(16-14-19)22(25)26-17-20-8-3-2-4-9-20/h2-5,7-11H,13-17H2,1H3. The van der Waals surface area contributed by atoms with E-state index >= 15 is 0 Å². The lowest BCUT2D eigenvalue weighted by atomic mass is 10.0. The SMILES string of the molecule is Cc1cccc(C#CC=C2CCN(C(=O)OCc3ccccc3)CC2)n1. The lowest BCUT2D eigenvalue weighted by molar-refractivity contribution is 0.0935. The number of rotatable bonds is 2. The number of ether oxygens (including phenoxy) is 1. The van der Waals surface area contributed by atoms with Crippen molar-refractivity contribution in [3.05, 3.63) is 77.1 Å². The van der Waals surface area contributed by atoms with Gasteiger partial charge in [0.25, 0.3) is 0 Å². The van der Waals surface area contributed by atoms with Gasteiger partial charge in [-0.3, -0.25) is 0 Å². The largest absolute Gasteiger partial charge is 0.445 e. The summed E-state index contributed by atoms with van der Waals surface area (Å²) in [4.78, 5) is 18.3. The summed E-state index contributed by atoms with van der Waals surface area (Å²) in [5, 5.41) is 0. The molecule has 0 unspecified atom stereocenters. The van der Waals surface area contributed by atoms with Crippen LogP contribution in [0.25, 0.3) is 0 Å². The Labute approximate surface area is 154 Å². The van der Waals surface area contributed by atoms with Gasteiger partial charge in [-0.05, 0) is 49.5 Å². The van der Waals surface area contributed by atoms with Crippen molar-refractivity contribution in [3.63, 3.8) is 0 Å². The molecular weight excluding hydrogens is 324 g/mol. The van der Waals surface area contributed by atoms with Crippen molar-refractivity contribution < 1.29 is 9.53 Å². The molecule has 4 heteroatoms. The van der Waals surface area contributed by atoms with Crippen LogP contribution in [0.1, 0.15) is 29.8 Å². The lowest BCUT2D eigenvalue weighted by Gasteiger charge is -2.27. The number of hydrogen-bond acceptors (Lipinski definition) is 3. The summed E-state index contributed by atoms with van der Waals surface area (Å²) in [6, 6.07) is 15.5. The Morgan fingerprint density at radius 1 is 1.15 bits per heavy atom. The first-order valence-electron chi connectivity index (χ1n) is 8.79. The zero-order valence-electron chi connectivity index (χ0n) is 14.9. The molecule has 1 aromatic heterocycles. The molecule has 1 saturated heterocycles. The molecule has 0 atom stereocenters. The Morgan fingerprint density at radius 2 is 1.92 bits per heavy atom. The molecule has 2 aromatic rings. The van der Waals surface area contributed by atoms with Crippen LogP contribution in [0.4, 0.5) is 4.79 Å². The smallest absolute Gasteiger partial charge is 0.410 e. The van der Waals surface area contributed by atoms with Crippen LogP contribution in [0.15, 0.2) is 60.2 Å². The van der Waals surface area contributed by atoms with E-state index in [2.05, 4.69) is 16.8 Å². The number of piperidine rings is 1. The minimum atomic E-state index is -0.247.